The minimum Gasteiger partial charge on any atom is -0.379 e. The molecule has 1 aliphatic rings. The third-order valence-corrected chi connectivity index (χ3v) is 3.68. The van der Waals surface area contributed by atoms with Crippen LogP contribution in [0.3, 0.4) is 0 Å². The van der Waals surface area contributed by atoms with E-state index < -0.39 is 0 Å². The average molecular weight is 276 g/mol. The van der Waals surface area contributed by atoms with E-state index in [2.05, 4.69) is 41.8 Å². The van der Waals surface area contributed by atoms with Gasteiger partial charge in [-0.3, -0.25) is 4.79 Å². The standard InChI is InChI=1S/C16H24N2O2/c1-3-17-15-11-20-10-14(15)16(19)18-8-7-13-6-4-5-12(2)9-13/h4-6,9,14-15,17H,3,7-8,10-11H2,1-2H3,(H,18,19). The Balaban J connectivity index is 1.77. The Bertz CT molecular complexity index is 448. The van der Waals surface area contributed by atoms with Gasteiger partial charge in [0.2, 0.25) is 5.91 Å². The summed E-state index contributed by atoms with van der Waals surface area (Å²) in [5.74, 6) is 0.0357. The highest BCUT2D eigenvalue weighted by molar-refractivity contribution is 5.79. The van der Waals surface area contributed by atoms with Crippen molar-refractivity contribution in [2.24, 2.45) is 5.92 Å². The van der Waals surface area contributed by atoms with Gasteiger partial charge in [-0.05, 0) is 25.5 Å². The summed E-state index contributed by atoms with van der Waals surface area (Å²) < 4.78 is 5.40. The van der Waals surface area contributed by atoms with Crippen LogP contribution in [0.15, 0.2) is 24.3 Å². The fourth-order valence-electron chi connectivity index (χ4n) is 2.60. The molecule has 2 rings (SSSR count). The summed E-state index contributed by atoms with van der Waals surface area (Å²) >= 11 is 0. The van der Waals surface area contributed by atoms with E-state index in [1.807, 2.05) is 6.92 Å². The Morgan fingerprint density at radius 3 is 3.00 bits per heavy atom. The monoisotopic (exact) mass is 276 g/mol. The largest absolute Gasteiger partial charge is 0.379 e. The zero-order valence-corrected chi connectivity index (χ0v) is 12.3. The van der Waals surface area contributed by atoms with Gasteiger partial charge in [0.25, 0.3) is 0 Å². The van der Waals surface area contributed by atoms with Crippen molar-refractivity contribution in [2.45, 2.75) is 26.3 Å². The van der Waals surface area contributed by atoms with Crippen LogP contribution in [-0.4, -0.2) is 38.3 Å². The molecule has 110 valence electrons. The van der Waals surface area contributed by atoms with Crippen LogP contribution in [0, 0.1) is 12.8 Å². The first-order chi connectivity index (χ1) is 9.70. The summed E-state index contributed by atoms with van der Waals surface area (Å²) in [7, 11) is 0. The predicted molar refractivity (Wildman–Crippen MR) is 79.7 cm³/mol. The lowest BCUT2D eigenvalue weighted by molar-refractivity contribution is -0.125. The summed E-state index contributed by atoms with van der Waals surface area (Å²) in [6.45, 7) is 6.82. The minimum absolute atomic E-state index is 0.0625. The van der Waals surface area contributed by atoms with E-state index in [9.17, 15) is 4.79 Å². The van der Waals surface area contributed by atoms with Crippen molar-refractivity contribution in [3.05, 3.63) is 35.4 Å². The molecule has 0 saturated carbocycles. The molecule has 2 atom stereocenters. The summed E-state index contributed by atoms with van der Waals surface area (Å²) in [4.78, 5) is 12.2. The van der Waals surface area contributed by atoms with Gasteiger partial charge in [-0.15, -0.1) is 0 Å². The molecule has 2 N–H and O–H groups in total. The Morgan fingerprint density at radius 1 is 1.40 bits per heavy atom. The van der Waals surface area contributed by atoms with Crippen LogP contribution >= 0.6 is 0 Å². The molecule has 0 aromatic heterocycles. The van der Waals surface area contributed by atoms with E-state index in [4.69, 9.17) is 4.74 Å². The van der Waals surface area contributed by atoms with E-state index in [0.717, 1.165) is 13.0 Å². The normalized spacial score (nSPS) is 21.9. The first kappa shape index (κ1) is 15.0. The predicted octanol–water partition coefficient (Wildman–Crippen LogP) is 1.28. The molecule has 2 unspecified atom stereocenters. The Hall–Kier alpha value is -1.39. The maximum absolute atomic E-state index is 12.2. The van der Waals surface area contributed by atoms with Crippen molar-refractivity contribution >= 4 is 5.91 Å². The zero-order chi connectivity index (χ0) is 14.4. The van der Waals surface area contributed by atoms with Crippen LogP contribution in [0.1, 0.15) is 18.1 Å². The summed E-state index contributed by atoms with van der Waals surface area (Å²) in [5, 5.41) is 6.33. The van der Waals surface area contributed by atoms with E-state index in [1.54, 1.807) is 0 Å². The molecule has 4 nitrogen and oxygen atoms in total. The molecule has 1 aliphatic heterocycles. The smallest absolute Gasteiger partial charge is 0.227 e. The van der Waals surface area contributed by atoms with Crippen molar-refractivity contribution in [3.63, 3.8) is 0 Å². The van der Waals surface area contributed by atoms with E-state index in [0.29, 0.717) is 19.8 Å². The van der Waals surface area contributed by atoms with Crippen molar-refractivity contribution in [2.75, 3.05) is 26.3 Å². The van der Waals surface area contributed by atoms with Crippen LogP contribution in [0.2, 0.25) is 0 Å². The van der Waals surface area contributed by atoms with Crippen LogP contribution in [0.5, 0.6) is 0 Å². The number of carbonyl (C=O) groups is 1. The fourth-order valence-corrected chi connectivity index (χ4v) is 2.60. The van der Waals surface area contributed by atoms with Gasteiger partial charge in [0.1, 0.15) is 0 Å². The molecule has 1 aromatic carbocycles. The molecule has 0 radical (unpaired) electrons. The topological polar surface area (TPSA) is 50.4 Å². The number of hydrogen-bond acceptors (Lipinski definition) is 3. The van der Waals surface area contributed by atoms with Crippen LogP contribution in [0.25, 0.3) is 0 Å². The quantitative estimate of drug-likeness (QED) is 0.823. The fraction of sp³-hybridized carbons (Fsp3) is 0.562. The molecule has 0 aliphatic carbocycles. The van der Waals surface area contributed by atoms with Crippen molar-refractivity contribution in [1.29, 1.82) is 0 Å². The van der Waals surface area contributed by atoms with Gasteiger partial charge < -0.3 is 15.4 Å². The van der Waals surface area contributed by atoms with E-state index in [1.165, 1.54) is 11.1 Å². The third kappa shape index (κ3) is 4.05. The highest BCUT2D eigenvalue weighted by Crippen LogP contribution is 2.13. The summed E-state index contributed by atoms with van der Waals surface area (Å²) in [5.41, 5.74) is 2.52. The molecular formula is C16H24N2O2. The maximum atomic E-state index is 12.2. The number of benzene rings is 1. The van der Waals surface area contributed by atoms with Gasteiger partial charge in [0, 0.05) is 12.6 Å². The van der Waals surface area contributed by atoms with Gasteiger partial charge >= 0.3 is 0 Å². The summed E-state index contributed by atoms with van der Waals surface area (Å²) in [6, 6.07) is 8.54. The average Bonchev–Trinajstić information content (AvgIpc) is 2.87. The van der Waals surface area contributed by atoms with Gasteiger partial charge in [0.05, 0.1) is 19.1 Å². The molecule has 1 fully saturated rings. The molecule has 1 amide bonds. The van der Waals surface area contributed by atoms with Crippen molar-refractivity contribution in [1.82, 2.24) is 10.6 Å². The van der Waals surface area contributed by atoms with Crippen LogP contribution in [0.4, 0.5) is 0 Å². The number of rotatable bonds is 6. The van der Waals surface area contributed by atoms with Gasteiger partial charge in [-0.25, -0.2) is 0 Å². The SMILES string of the molecule is CCNC1COCC1C(=O)NCCc1cccc(C)c1. The second-order valence-corrected chi connectivity index (χ2v) is 5.34. The minimum atomic E-state index is -0.0625. The molecule has 1 saturated heterocycles. The highest BCUT2D eigenvalue weighted by atomic mass is 16.5. The molecular weight excluding hydrogens is 252 g/mol. The lowest BCUT2D eigenvalue weighted by atomic mass is 10.0. The van der Waals surface area contributed by atoms with Crippen LogP contribution in [-0.2, 0) is 16.0 Å². The second kappa shape index (κ2) is 7.41. The number of ether oxygens (including phenoxy) is 1. The second-order valence-electron chi connectivity index (χ2n) is 5.34. The van der Waals surface area contributed by atoms with Crippen molar-refractivity contribution < 1.29 is 9.53 Å². The molecule has 20 heavy (non-hydrogen) atoms. The van der Waals surface area contributed by atoms with Crippen molar-refractivity contribution in [3.8, 4) is 0 Å². The lowest BCUT2D eigenvalue weighted by Gasteiger charge is -2.17. The van der Waals surface area contributed by atoms with Gasteiger partial charge in [-0.1, -0.05) is 36.8 Å². The van der Waals surface area contributed by atoms with Crippen LogP contribution < -0.4 is 10.6 Å². The number of likely N-dealkylation sites (N-methyl/N-ethyl adjacent to an activating group) is 1. The zero-order valence-electron chi connectivity index (χ0n) is 12.3. The Morgan fingerprint density at radius 2 is 2.25 bits per heavy atom. The molecule has 1 aromatic rings. The number of hydrogen-bond donors (Lipinski definition) is 2. The summed E-state index contributed by atoms with van der Waals surface area (Å²) in [6.07, 6.45) is 0.868. The first-order valence-corrected chi connectivity index (χ1v) is 7.35. The molecule has 0 spiro atoms. The van der Waals surface area contributed by atoms with Gasteiger partial charge in [0.15, 0.2) is 0 Å². The number of carbonyl (C=O) groups excluding carboxylic acids is 1. The first-order valence-electron chi connectivity index (χ1n) is 7.35. The number of amides is 1. The van der Waals surface area contributed by atoms with E-state index >= 15 is 0 Å². The molecule has 4 heteroatoms. The van der Waals surface area contributed by atoms with Gasteiger partial charge in [-0.2, -0.15) is 0 Å². The third-order valence-electron chi connectivity index (χ3n) is 3.68. The molecule has 0 bridgehead atoms. The highest BCUT2D eigenvalue weighted by Gasteiger charge is 2.33. The Kier molecular flexibility index (Phi) is 5.56. The number of aryl methyl sites for hydroxylation is 1. The lowest BCUT2D eigenvalue weighted by Crippen LogP contribution is -2.44. The van der Waals surface area contributed by atoms with E-state index in [-0.39, 0.29) is 17.9 Å². The molecule has 1 heterocycles. The number of nitrogens with one attached hydrogen (secondary N) is 2. The Labute approximate surface area is 120 Å². The maximum Gasteiger partial charge on any atom is 0.227 e.